The van der Waals surface area contributed by atoms with Crippen LogP contribution in [0.3, 0.4) is 0 Å². The molecule has 1 fully saturated rings. The van der Waals surface area contributed by atoms with Crippen molar-refractivity contribution in [3.05, 3.63) is 59.9 Å². The highest BCUT2D eigenvalue weighted by atomic mass is 127. The summed E-state index contributed by atoms with van der Waals surface area (Å²) in [5.41, 5.74) is 2.04. The average Bonchev–Trinajstić information content (AvgIpc) is 2.81. The number of benzene rings is 1. The van der Waals surface area contributed by atoms with Crippen LogP contribution in [0.2, 0.25) is 0 Å². The second kappa shape index (κ2) is 15.1. The van der Waals surface area contributed by atoms with Crippen LogP contribution in [0, 0.1) is 5.92 Å². The molecule has 2 N–H and O–H groups in total. The lowest BCUT2D eigenvalue weighted by Crippen LogP contribution is -2.50. The summed E-state index contributed by atoms with van der Waals surface area (Å²) >= 11 is 0. The van der Waals surface area contributed by atoms with Crippen LogP contribution in [0.1, 0.15) is 32.0 Å². The molecule has 33 heavy (non-hydrogen) atoms. The minimum atomic E-state index is 0. The van der Waals surface area contributed by atoms with Gasteiger partial charge in [0.15, 0.2) is 5.96 Å². The van der Waals surface area contributed by atoms with E-state index in [1.54, 1.807) is 6.20 Å². The Morgan fingerprint density at radius 3 is 2.73 bits per heavy atom. The van der Waals surface area contributed by atoms with Gasteiger partial charge in [0.2, 0.25) is 0 Å². The van der Waals surface area contributed by atoms with Crippen molar-refractivity contribution in [3.63, 3.8) is 0 Å². The summed E-state index contributed by atoms with van der Waals surface area (Å²) in [5, 5.41) is 6.76. The number of nitrogens with zero attached hydrogens (tertiary/aromatic N) is 3. The molecule has 0 aliphatic carbocycles. The van der Waals surface area contributed by atoms with Gasteiger partial charge in [-0.3, -0.25) is 9.88 Å². The summed E-state index contributed by atoms with van der Waals surface area (Å²) < 4.78 is 11.8. The molecule has 2 aromatic rings. The number of rotatable bonds is 10. The number of morpholine rings is 1. The van der Waals surface area contributed by atoms with Crippen LogP contribution in [-0.2, 0) is 17.9 Å². The zero-order chi connectivity index (χ0) is 22.6. The summed E-state index contributed by atoms with van der Waals surface area (Å²) in [6, 6.07) is 13.9. The monoisotopic (exact) mass is 567 g/mol. The van der Waals surface area contributed by atoms with Crippen LogP contribution in [0.15, 0.2) is 53.7 Å². The van der Waals surface area contributed by atoms with E-state index >= 15 is 0 Å². The zero-order valence-electron chi connectivity index (χ0n) is 20.0. The highest BCUT2D eigenvalue weighted by molar-refractivity contribution is 14.0. The van der Waals surface area contributed by atoms with E-state index in [9.17, 15) is 0 Å². The highest BCUT2D eigenvalue weighted by Crippen LogP contribution is 2.14. The van der Waals surface area contributed by atoms with Crippen LogP contribution >= 0.6 is 24.0 Å². The van der Waals surface area contributed by atoms with Gasteiger partial charge in [-0.2, -0.15) is 0 Å². The molecule has 1 aromatic heterocycles. The Morgan fingerprint density at radius 2 is 2.03 bits per heavy atom. The molecule has 1 unspecified atom stereocenters. The molecule has 182 valence electrons. The summed E-state index contributed by atoms with van der Waals surface area (Å²) in [4.78, 5) is 11.5. The second-order valence-corrected chi connectivity index (χ2v) is 8.48. The van der Waals surface area contributed by atoms with Crippen LogP contribution in [-0.4, -0.2) is 61.3 Å². The van der Waals surface area contributed by atoms with E-state index in [4.69, 9.17) is 14.5 Å². The predicted molar refractivity (Wildman–Crippen MR) is 144 cm³/mol. The fraction of sp³-hybridized carbons (Fsp3) is 0.520. The topological polar surface area (TPSA) is 71.0 Å². The van der Waals surface area contributed by atoms with E-state index in [-0.39, 0.29) is 30.1 Å². The molecule has 7 nitrogen and oxygen atoms in total. The Kier molecular flexibility index (Phi) is 12.5. The molecule has 0 saturated carbocycles. The highest BCUT2D eigenvalue weighted by Gasteiger charge is 2.21. The minimum absolute atomic E-state index is 0. The van der Waals surface area contributed by atoms with E-state index in [1.165, 1.54) is 0 Å². The Labute approximate surface area is 215 Å². The molecule has 2 heterocycles. The third-order valence-corrected chi connectivity index (χ3v) is 5.14. The quantitative estimate of drug-likeness (QED) is 0.259. The molecule has 1 aliphatic rings. The number of halogens is 1. The van der Waals surface area contributed by atoms with Gasteiger partial charge in [0.1, 0.15) is 12.4 Å². The standard InChI is InChI=1S/C25H37N5O2.HI/c1-4-26-25(29-16-24-18-30(13-14-31-24)17-20(2)3)28-15-21-8-10-23(11-9-21)32-19-22-7-5-6-12-27-22;/h5-12,20,24H,4,13-19H2,1-3H3,(H2,26,28,29);1H. The third kappa shape index (κ3) is 10.3. The smallest absolute Gasteiger partial charge is 0.191 e. The van der Waals surface area contributed by atoms with Crippen molar-refractivity contribution in [1.82, 2.24) is 20.5 Å². The van der Waals surface area contributed by atoms with E-state index in [2.05, 4.69) is 53.4 Å². The fourth-order valence-electron chi connectivity index (χ4n) is 3.64. The van der Waals surface area contributed by atoms with Crippen molar-refractivity contribution in [2.75, 3.05) is 39.3 Å². The van der Waals surface area contributed by atoms with E-state index in [0.717, 1.165) is 62.3 Å². The van der Waals surface area contributed by atoms with Gasteiger partial charge in [-0.05, 0) is 42.7 Å². The number of hydrogen-bond acceptors (Lipinski definition) is 5. The van der Waals surface area contributed by atoms with Gasteiger partial charge in [-0.15, -0.1) is 24.0 Å². The summed E-state index contributed by atoms with van der Waals surface area (Å²) in [6.07, 6.45) is 1.96. The van der Waals surface area contributed by atoms with Crippen LogP contribution in [0.25, 0.3) is 0 Å². The lowest BCUT2D eigenvalue weighted by Gasteiger charge is -2.34. The molecular weight excluding hydrogens is 529 g/mol. The first-order chi connectivity index (χ1) is 15.6. The molecule has 1 aliphatic heterocycles. The van der Waals surface area contributed by atoms with Crippen molar-refractivity contribution < 1.29 is 9.47 Å². The van der Waals surface area contributed by atoms with Crippen LogP contribution in [0.4, 0.5) is 0 Å². The van der Waals surface area contributed by atoms with Gasteiger partial charge in [-0.25, -0.2) is 4.99 Å². The number of hydrogen-bond donors (Lipinski definition) is 2. The number of guanidine groups is 1. The number of aliphatic imine (C=N–C) groups is 1. The van der Waals surface area contributed by atoms with E-state index in [1.807, 2.05) is 30.3 Å². The predicted octanol–water partition coefficient (Wildman–Crippen LogP) is 3.69. The van der Waals surface area contributed by atoms with Crippen molar-refractivity contribution in [2.45, 2.75) is 40.0 Å². The number of ether oxygens (including phenoxy) is 2. The van der Waals surface area contributed by atoms with Gasteiger partial charge in [0.25, 0.3) is 0 Å². The van der Waals surface area contributed by atoms with Crippen molar-refractivity contribution in [2.24, 2.45) is 10.9 Å². The number of nitrogens with one attached hydrogen (secondary N) is 2. The Bertz CT molecular complexity index is 817. The first-order valence-electron chi connectivity index (χ1n) is 11.6. The van der Waals surface area contributed by atoms with Gasteiger partial charge in [0.05, 0.1) is 24.9 Å². The fourth-order valence-corrected chi connectivity index (χ4v) is 3.64. The maximum Gasteiger partial charge on any atom is 0.191 e. The number of aromatic nitrogens is 1. The van der Waals surface area contributed by atoms with Crippen molar-refractivity contribution in [3.8, 4) is 5.75 Å². The molecule has 0 bridgehead atoms. The summed E-state index contributed by atoms with van der Waals surface area (Å²) in [7, 11) is 0. The molecule has 1 atom stereocenters. The van der Waals surface area contributed by atoms with E-state index < -0.39 is 0 Å². The minimum Gasteiger partial charge on any atom is -0.487 e. The van der Waals surface area contributed by atoms with Crippen LogP contribution < -0.4 is 15.4 Å². The first kappa shape index (κ1) is 27.3. The third-order valence-electron chi connectivity index (χ3n) is 5.14. The molecule has 0 spiro atoms. The number of pyridine rings is 1. The molecule has 1 saturated heterocycles. The van der Waals surface area contributed by atoms with Gasteiger partial charge in [0, 0.05) is 38.9 Å². The van der Waals surface area contributed by atoms with Gasteiger partial charge in [-0.1, -0.05) is 32.0 Å². The molecule has 3 rings (SSSR count). The molecule has 1 aromatic carbocycles. The first-order valence-corrected chi connectivity index (χ1v) is 11.6. The second-order valence-electron chi connectivity index (χ2n) is 8.48. The van der Waals surface area contributed by atoms with Crippen molar-refractivity contribution >= 4 is 29.9 Å². The van der Waals surface area contributed by atoms with Crippen molar-refractivity contribution in [1.29, 1.82) is 0 Å². The Hall–Kier alpha value is -1.91. The molecule has 8 heteroatoms. The Morgan fingerprint density at radius 1 is 1.21 bits per heavy atom. The normalized spacial score (nSPS) is 16.8. The lowest BCUT2D eigenvalue weighted by atomic mass is 10.2. The van der Waals surface area contributed by atoms with Gasteiger partial charge < -0.3 is 20.1 Å². The van der Waals surface area contributed by atoms with Gasteiger partial charge >= 0.3 is 0 Å². The average molecular weight is 568 g/mol. The van der Waals surface area contributed by atoms with E-state index in [0.29, 0.717) is 19.1 Å². The molecular formula is C25H38IN5O2. The van der Waals surface area contributed by atoms with Crippen LogP contribution in [0.5, 0.6) is 5.75 Å². The summed E-state index contributed by atoms with van der Waals surface area (Å²) in [6.45, 7) is 13.1. The molecule has 0 radical (unpaired) electrons. The summed E-state index contributed by atoms with van der Waals surface area (Å²) in [5.74, 6) is 2.31. The lowest BCUT2D eigenvalue weighted by molar-refractivity contribution is -0.0284. The molecule has 0 amide bonds. The zero-order valence-corrected chi connectivity index (χ0v) is 22.3. The maximum absolute atomic E-state index is 5.94. The Balaban J connectivity index is 0.00000385. The largest absolute Gasteiger partial charge is 0.487 e. The maximum atomic E-state index is 5.94. The SMILES string of the molecule is CCNC(=NCc1ccc(OCc2ccccn2)cc1)NCC1CN(CC(C)C)CCO1.I.